The van der Waals surface area contributed by atoms with Crippen LogP contribution in [0.2, 0.25) is 0 Å². The molecule has 0 saturated heterocycles. The van der Waals surface area contributed by atoms with Crippen LogP contribution in [-0.2, 0) is 0 Å². The summed E-state index contributed by atoms with van der Waals surface area (Å²) >= 11 is 0. The monoisotopic (exact) mass is 423 g/mol. The van der Waals surface area contributed by atoms with E-state index in [2.05, 4.69) is 29.0 Å². The number of aromatic nitrogens is 4. The summed E-state index contributed by atoms with van der Waals surface area (Å²) in [6.07, 6.45) is 6.16. The number of carbonyl (C=O) groups is 1. The van der Waals surface area contributed by atoms with Crippen LogP contribution < -0.4 is 10.5 Å². The van der Waals surface area contributed by atoms with Gasteiger partial charge in [-0.05, 0) is 48.2 Å². The highest BCUT2D eigenvalue weighted by Gasteiger charge is 2.15. The van der Waals surface area contributed by atoms with Crippen molar-refractivity contribution in [3.05, 3.63) is 54.2 Å². The zero-order chi connectivity index (χ0) is 22.4. The van der Waals surface area contributed by atoms with Gasteiger partial charge < -0.3 is 15.6 Å². The SMILES string of the molecule is CCCC(CC)CC(O)Oc1ccc(-c2ccc(-n3cnnc3C(N)=O)nc2)c(C)c1. The van der Waals surface area contributed by atoms with Crippen LogP contribution in [0.25, 0.3) is 16.9 Å². The maximum Gasteiger partial charge on any atom is 0.287 e. The maximum absolute atomic E-state index is 11.4. The number of amides is 1. The van der Waals surface area contributed by atoms with Crippen molar-refractivity contribution in [2.45, 2.75) is 52.7 Å². The molecular weight excluding hydrogens is 394 g/mol. The van der Waals surface area contributed by atoms with Crippen LogP contribution in [0.5, 0.6) is 5.75 Å². The number of carbonyl (C=O) groups excluding carboxylic acids is 1. The lowest BCUT2D eigenvalue weighted by Crippen LogP contribution is -2.20. The van der Waals surface area contributed by atoms with Crippen molar-refractivity contribution in [2.75, 3.05) is 0 Å². The van der Waals surface area contributed by atoms with Gasteiger partial charge in [0, 0.05) is 18.2 Å². The van der Waals surface area contributed by atoms with Crippen LogP contribution >= 0.6 is 0 Å². The Morgan fingerprint density at radius 3 is 2.68 bits per heavy atom. The lowest BCUT2D eigenvalue weighted by Gasteiger charge is -2.20. The minimum absolute atomic E-state index is 0.0285. The number of benzene rings is 1. The molecule has 3 N–H and O–H groups in total. The van der Waals surface area contributed by atoms with Gasteiger partial charge in [-0.2, -0.15) is 0 Å². The summed E-state index contributed by atoms with van der Waals surface area (Å²) in [6.45, 7) is 6.28. The molecule has 1 aromatic carbocycles. The number of rotatable bonds is 10. The predicted octanol–water partition coefficient (Wildman–Crippen LogP) is 3.65. The van der Waals surface area contributed by atoms with Crippen molar-refractivity contribution < 1.29 is 14.6 Å². The molecule has 0 radical (unpaired) electrons. The van der Waals surface area contributed by atoms with E-state index in [9.17, 15) is 9.90 Å². The molecule has 1 amide bonds. The van der Waals surface area contributed by atoms with Gasteiger partial charge in [0.1, 0.15) is 17.9 Å². The zero-order valence-electron chi connectivity index (χ0n) is 18.2. The van der Waals surface area contributed by atoms with E-state index in [4.69, 9.17) is 10.5 Å². The summed E-state index contributed by atoms with van der Waals surface area (Å²) in [7, 11) is 0. The van der Waals surface area contributed by atoms with Crippen molar-refractivity contribution in [1.29, 1.82) is 0 Å². The molecule has 8 heteroatoms. The average molecular weight is 424 g/mol. The van der Waals surface area contributed by atoms with Gasteiger partial charge in [-0.15, -0.1) is 10.2 Å². The first-order chi connectivity index (χ1) is 14.9. The average Bonchev–Trinajstić information content (AvgIpc) is 3.24. The number of nitrogens with two attached hydrogens (primary N) is 1. The van der Waals surface area contributed by atoms with E-state index in [1.165, 1.54) is 10.9 Å². The van der Waals surface area contributed by atoms with E-state index < -0.39 is 12.2 Å². The van der Waals surface area contributed by atoms with Crippen molar-refractivity contribution >= 4 is 5.91 Å². The fourth-order valence-corrected chi connectivity index (χ4v) is 3.68. The van der Waals surface area contributed by atoms with E-state index in [1.54, 1.807) is 12.3 Å². The molecule has 2 heterocycles. The maximum atomic E-state index is 11.4. The van der Waals surface area contributed by atoms with Crippen LogP contribution in [-0.4, -0.2) is 37.1 Å². The molecule has 164 valence electrons. The zero-order valence-corrected chi connectivity index (χ0v) is 18.2. The normalized spacial score (nSPS) is 13.0. The highest BCUT2D eigenvalue weighted by atomic mass is 16.6. The second-order valence-corrected chi connectivity index (χ2v) is 7.64. The predicted molar refractivity (Wildman–Crippen MR) is 118 cm³/mol. The molecule has 0 aliphatic heterocycles. The van der Waals surface area contributed by atoms with Gasteiger partial charge in [0.05, 0.1) is 0 Å². The Labute approximate surface area is 182 Å². The number of primary amides is 1. The van der Waals surface area contributed by atoms with Gasteiger partial charge in [-0.3, -0.25) is 9.36 Å². The third-order valence-electron chi connectivity index (χ3n) is 5.35. The molecule has 3 aromatic rings. The molecule has 0 aliphatic carbocycles. The number of aliphatic hydroxyl groups is 1. The fraction of sp³-hybridized carbons (Fsp3) is 0.391. The largest absolute Gasteiger partial charge is 0.465 e. The summed E-state index contributed by atoms with van der Waals surface area (Å²) < 4.78 is 7.19. The number of hydrogen-bond donors (Lipinski definition) is 2. The standard InChI is InChI=1S/C23H29N5O3/c1-4-6-16(5-2)12-21(29)31-18-8-9-19(15(3)11-18)17-7-10-20(25-13-17)28-14-26-27-23(28)22(24)30/h7-11,13-14,16,21,29H,4-6,12H2,1-3H3,(H2,24,30). The summed E-state index contributed by atoms with van der Waals surface area (Å²) in [4.78, 5) is 15.9. The van der Waals surface area contributed by atoms with Crippen LogP contribution in [0.4, 0.5) is 0 Å². The summed E-state index contributed by atoms with van der Waals surface area (Å²) in [5, 5.41) is 17.7. The second-order valence-electron chi connectivity index (χ2n) is 7.64. The minimum atomic E-state index is -0.814. The highest BCUT2D eigenvalue weighted by Crippen LogP contribution is 2.28. The first kappa shape index (κ1) is 22.4. The minimum Gasteiger partial charge on any atom is -0.465 e. The molecular formula is C23H29N5O3. The van der Waals surface area contributed by atoms with Crippen LogP contribution in [0.15, 0.2) is 42.9 Å². The number of hydrogen-bond acceptors (Lipinski definition) is 6. The molecule has 2 atom stereocenters. The van der Waals surface area contributed by atoms with Crippen molar-refractivity contribution in [3.63, 3.8) is 0 Å². The Morgan fingerprint density at radius 1 is 1.26 bits per heavy atom. The Bertz CT molecular complexity index is 1020. The van der Waals surface area contributed by atoms with E-state index >= 15 is 0 Å². The third kappa shape index (κ3) is 5.46. The molecule has 3 rings (SSSR count). The van der Waals surface area contributed by atoms with Crippen LogP contribution in [0.3, 0.4) is 0 Å². The van der Waals surface area contributed by atoms with E-state index in [-0.39, 0.29) is 5.82 Å². The quantitative estimate of drug-likeness (QED) is 0.481. The number of aliphatic hydroxyl groups excluding tert-OH is 1. The molecule has 0 saturated carbocycles. The highest BCUT2D eigenvalue weighted by molar-refractivity contribution is 5.89. The third-order valence-corrected chi connectivity index (χ3v) is 5.35. The molecule has 0 aliphatic rings. The fourth-order valence-electron chi connectivity index (χ4n) is 3.68. The van der Waals surface area contributed by atoms with Gasteiger partial charge in [0.15, 0.2) is 6.29 Å². The second kappa shape index (κ2) is 10.2. The van der Waals surface area contributed by atoms with Crippen molar-refractivity contribution in [2.24, 2.45) is 11.7 Å². The summed E-state index contributed by atoms with van der Waals surface area (Å²) in [5.41, 5.74) is 8.23. The van der Waals surface area contributed by atoms with Crippen LogP contribution in [0, 0.1) is 12.8 Å². The number of pyridine rings is 1. The lowest BCUT2D eigenvalue weighted by molar-refractivity contribution is -0.0356. The number of nitrogens with zero attached hydrogens (tertiary/aromatic N) is 4. The van der Waals surface area contributed by atoms with Gasteiger partial charge in [0.25, 0.3) is 5.91 Å². The van der Waals surface area contributed by atoms with Gasteiger partial charge in [0.2, 0.25) is 5.82 Å². The Hall–Kier alpha value is -3.26. The smallest absolute Gasteiger partial charge is 0.287 e. The number of ether oxygens (including phenoxy) is 1. The first-order valence-electron chi connectivity index (χ1n) is 10.5. The van der Waals surface area contributed by atoms with Crippen molar-refractivity contribution in [3.8, 4) is 22.7 Å². The van der Waals surface area contributed by atoms with Crippen LogP contribution in [0.1, 0.15) is 55.7 Å². The lowest BCUT2D eigenvalue weighted by atomic mass is 9.97. The summed E-state index contributed by atoms with van der Waals surface area (Å²) in [5.74, 6) is 0.963. The number of aryl methyl sites for hydroxylation is 1. The van der Waals surface area contributed by atoms with Crippen molar-refractivity contribution in [1.82, 2.24) is 19.7 Å². The molecule has 0 bridgehead atoms. The van der Waals surface area contributed by atoms with E-state index in [0.29, 0.717) is 23.9 Å². The first-order valence-corrected chi connectivity index (χ1v) is 10.5. The Kier molecular flexibility index (Phi) is 7.36. The molecule has 0 fully saturated rings. The Balaban J connectivity index is 1.72. The Morgan fingerprint density at radius 2 is 2.06 bits per heavy atom. The molecule has 8 nitrogen and oxygen atoms in total. The van der Waals surface area contributed by atoms with Gasteiger partial charge in [-0.1, -0.05) is 39.2 Å². The molecule has 31 heavy (non-hydrogen) atoms. The van der Waals surface area contributed by atoms with Gasteiger partial charge in [-0.25, -0.2) is 4.98 Å². The molecule has 2 aromatic heterocycles. The summed E-state index contributed by atoms with van der Waals surface area (Å²) in [6, 6.07) is 9.40. The van der Waals surface area contributed by atoms with E-state index in [1.807, 2.05) is 31.2 Å². The van der Waals surface area contributed by atoms with E-state index in [0.717, 1.165) is 36.0 Å². The molecule has 0 spiro atoms. The van der Waals surface area contributed by atoms with Gasteiger partial charge >= 0.3 is 0 Å². The topological polar surface area (TPSA) is 116 Å². The molecule has 2 unspecified atom stereocenters.